The zero-order chi connectivity index (χ0) is 13.1. The number of hydrogen-bond donors (Lipinski definition) is 0. The Morgan fingerprint density at radius 3 is 2.33 bits per heavy atom. The van der Waals surface area contributed by atoms with Crippen molar-refractivity contribution in [2.75, 3.05) is 0 Å². The predicted molar refractivity (Wildman–Crippen MR) is 64.9 cm³/mol. The van der Waals surface area contributed by atoms with Crippen molar-refractivity contribution in [3.8, 4) is 5.75 Å². The van der Waals surface area contributed by atoms with Gasteiger partial charge in [-0.2, -0.15) is 0 Å². The van der Waals surface area contributed by atoms with Gasteiger partial charge in [-0.1, -0.05) is 25.5 Å². The molecular weight excluding hydrogens is 267 g/mol. The fraction of sp³-hybridized carbons (Fsp3) is 0.500. The van der Waals surface area contributed by atoms with Gasteiger partial charge < -0.3 is 17.7 Å². The molecule has 0 spiro atoms. The second-order valence-electron chi connectivity index (χ2n) is 4.32. The smallest absolute Gasteiger partial charge is 0.490 e. The second-order valence-corrected chi connectivity index (χ2v) is 4.32. The fourth-order valence-corrected chi connectivity index (χ4v) is 1.69. The Labute approximate surface area is 149 Å². The predicted octanol–water partition coefficient (Wildman–Crippen LogP) is 0.621. The van der Waals surface area contributed by atoms with Crippen LogP contribution in [0.2, 0.25) is 0 Å². The molecule has 0 fully saturated rings. The molecule has 0 aromatic heterocycles. The van der Waals surface area contributed by atoms with E-state index >= 15 is 0 Å². The van der Waals surface area contributed by atoms with E-state index in [0.717, 1.165) is 25.0 Å². The van der Waals surface area contributed by atoms with Crippen LogP contribution in [0.5, 0.6) is 5.75 Å². The van der Waals surface area contributed by atoms with Crippen LogP contribution in [0.1, 0.15) is 32.3 Å². The minimum Gasteiger partial charge on any atom is -0.490 e. The Morgan fingerprint density at radius 1 is 1.28 bits per heavy atom. The summed E-state index contributed by atoms with van der Waals surface area (Å²) >= 11 is 0. The van der Waals surface area contributed by atoms with Crippen molar-refractivity contribution < 1.29 is 69.1 Å². The molecule has 0 saturated carbocycles. The topological polar surface area (TPSA) is 9.23 Å². The molecule has 96 valence electrons. The first kappa shape index (κ1) is 18.5. The van der Waals surface area contributed by atoms with Crippen LogP contribution >= 0.6 is 0 Å². The van der Waals surface area contributed by atoms with Gasteiger partial charge in [-0.25, -0.2) is 0 Å². The van der Waals surface area contributed by atoms with Crippen LogP contribution in [-0.2, 0) is 0 Å². The molecule has 1 atom stereocenters. The zero-order valence-electron chi connectivity index (χ0n) is 11.3. The number of aryl methyl sites for hydroxylation is 1. The third kappa shape index (κ3) is 5.65. The molecule has 1 rings (SSSR count). The molecule has 1 aromatic rings. The maximum absolute atomic E-state index is 12.5. The molecule has 0 amide bonds. The number of benzene rings is 1. The number of rotatable bonds is 5. The van der Waals surface area contributed by atoms with E-state index in [2.05, 4.69) is 0 Å². The zero-order valence-corrected chi connectivity index (χ0v) is 14.5. The van der Waals surface area contributed by atoms with E-state index in [-0.39, 0.29) is 57.5 Å². The molecule has 0 bridgehead atoms. The van der Waals surface area contributed by atoms with Crippen LogP contribution < -0.4 is 61.6 Å². The van der Waals surface area contributed by atoms with Crippen molar-refractivity contribution in [3.05, 3.63) is 23.8 Å². The van der Waals surface area contributed by atoms with Crippen molar-refractivity contribution in [3.63, 3.8) is 0 Å². The molecule has 0 aliphatic carbocycles. The van der Waals surface area contributed by atoms with Gasteiger partial charge in [-0.05, 0) is 31.9 Å². The molecule has 1 aromatic carbocycles. The van der Waals surface area contributed by atoms with Crippen molar-refractivity contribution in [1.29, 1.82) is 0 Å². The van der Waals surface area contributed by atoms with Gasteiger partial charge in [-0.3, -0.25) is 0 Å². The molecule has 0 heterocycles. The summed E-state index contributed by atoms with van der Waals surface area (Å²) in [7, 11) is 0. The quantitative estimate of drug-likeness (QED) is 0.720. The summed E-state index contributed by atoms with van der Waals surface area (Å²) in [5.74, 6) is 0.537. The van der Waals surface area contributed by atoms with Gasteiger partial charge in [0.2, 0.25) is 0 Å². The second kappa shape index (κ2) is 7.95. The average molecular weight is 284 g/mol. The van der Waals surface area contributed by atoms with Gasteiger partial charge in [0.1, 0.15) is 5.75 Å². The van der Waals surface area contributed by atoms with E-state index in [4.69, 9.17) is 4.74 Å². The van der Waals surface area contributed by atoms with Crippen molar-refractivity contribution in [2.24, 2.45) is 0 Å². The van der Waals surface area contributed by atoms with Crippen LogP contribution in [0, 0.1) is 6.92 Å². The Balaban J connectivity index is 0.00000289. The van der Waals surface area contributed by atoms with E-state index < -0.39 is 12.4 Å². The summed E-state index contributed by atoms with van der Waals surface area (Å²) in [4.78, 5) is 0. The molecule has 0 N–H and O–H groups in total. The summed E-state index contributed by atoms with van der Waals surface area (Å²) in [5, 5.41) is 0. The Bertz CT molecular complexity index is 382. The van der Waals surface area contributed by atoms with Crippen molar-refractivity contribution >= 4 is 12.4 Å². The van der Waals surface area contributed by atoms with Crippen LogP contribution in [0.3, 0.4) is 0 Å². The minimum atomic E-state index is -4.93. The third-order valence-electron chi connectivity index (χ3n) is 2.60. The number of ether oxygens (including phenoxy) is 1. The number of hydrogen-bond acceptors (Lipinski definition) is 1. The van der Waals surface area contributed by atoms with Gasteiger partial charge in [0.25, 0.3) is 0 Å². The van der Waals surface area contributed by atoms with E-state index in [9.17, 15) is 12.9 Å². The summed E-state index contributed by atoms with van der Waals surface area (Å²) in [5.41, 5.74) is -0.0392. The first-order valence-electron chi connectivity index (χ1n) is 5.81. The molecule has 1 unspecified atom stereocenters. The largest absolute Gasteiger partial charge is 1.00 e. The molecule has 0 aliphatic heterocycles. The SMILES string of the molecule is CCCC(C)Oc1ccc([B-](F)(F)F)cc1C.[K+]. The molecule has 1 nitrogen and oxygen atoms in total. The van der Waals surface area contributed by atoms with E-state index in [0.29, 0.717) is 11.3 Å². The van der Waals surface area contributed by atoms with Crippen LogP contribution in [0.25, 0.3) is 0 Å². The van der Waals surface area contributed by atoms with Gasteiger partial charge in [0.15, 0.2) is 0 Å². The van der Waals surface area contributed by atoms with Gasteiger partial charge in [0, 0.05) is 0 Å². The maximum Gasteiger partial charge on any atom is 1.00 e. The monoisotopic (exact) mass is 284 g/mol. The molecule has 6 heteroatoms. The number of halogens is 3. The normalized spacial score (nSPS) is 12.8. The molecule has 0 aliphatic rings. The molecular formula is C12H17BF3KO. The minimum absolute atomic E-state index is 0. The third-order valence-corrected chi connectivity index (χ3v) is 2.60. The summed E-state index contributed by atoms with van der Waals surface area (Å²) < 4.78 is 43.1. The summed E-state index contributed by atoms with van der Waals surface area (Å²) in [6.45, 7) is 0.677. The van der Waals surface area contributed by atoms with Crippen LogP contribution in [0.4, 0.5) is 12.9 Å². The van der Waals surface area contributed by atoms with Crippen molar-refractivity contribution in [1.82, 2.24) is 0 Å². The van der Waals surface area contributed by atoms with E-state index in [1.54, 1.807) is 6.92 Å². The molecule has 0 saturated heterocycles. The van der Waals surface area contributed by atoms with Crippen molar-refractivity contribution in [2.45, 2.75) is 39.7 Å². The Kier molecular flexibility index (Phi) is 8.17. The van der Waals surface area contributed by atoms with Gasteiger partial charge in [0.05, 0.1) is 6.10 Å². The summed E-state index contributed by atoms with van der Waals surface area (Å²) in [6.07, 6.45) is 1.91. The van der Waals surface area contributed by atoms with Crippen LogP contribution in [-0.4, -0.2) is 13.1 Å². The Morgan fingerprint density at radius 2 is 1.89 bits per heavy atom. The standard InChI is InChI=1S/C12H17BF3O.K/c1-4-5-10(3)17-12-7-6-11(8-9(12)2)13(14,15)16;/h6-8,10H,4-5H2,1-3H3;/q-1;+1. The molecule has 0 radical (unpaired) electrons. The van der Waals surface area contributed by atoms with Gasteiger partial charge in [-0.15, -0.1) is 5.46 Å². The first-order chi connectivity index (χ1) is 7.84. The summed E-state index contributed by atoms with van der Waals surface area (Å²) in [6, 6.07) is 3.64. The average Bonchev–Trinajstić information content (AvgIpc) is 2.20. The Hall–Kier alpha value is 0.511. The van der Waals surface area contributed by atoms with E-state index in [1.807, 2.05) is 13.8 Å². The molecule has 18 heavy (non-hydrogen) atoms. The maximum atomic E-state index is 12.5. The van der Waals surface area contributed by atoms with E-state index in [1.165, 1.54) is 6.07 Å². The fourth-order valence-electron chi connectivity index (χ4n) is 1.69. The first-order valence-corrected chi connectivity index (χ1v) is 5.81. The van der Waals surface area contributed by atoms with Crippen LogP contribution in [0.15, 0.2) is 18.2 Å². The van der Waals surface area contributed by atoms with Gasteiger partial charge >= 0.3 is 58.4 Å².